The highest BCUT2D eigenvalue weighted by atomic mass is 79.9. The number of furan rings is 1. The van der Waals surface area contributed by atoms with Crippen molar-refractivity contribution in [3.63, 3.8) is 0 Å². The van der Waals surface area contributed by atoms with Crippen LogP contribution < -0.4 is 4.72 Å². The van der Waals surface area contributed by atoms with Crippen LogP contribution in [-0.4, -0.2) is 24.5 Å². The third kappa shape index (κ3) is 3.36. The van der Waals surface area contributed by atoms with Crippen LogP contribution in [0.5, 0.6) is 0 Å². The molecule has 0 saturated heterocycles. The van der Waals surface area contributed by atoms with E-state index in [2.05, 4.69) is 25.6 Å². The van der Waals surface area contributed by atoms with Crippen molar-refractivity contribution in [2.75, 3.05) is 4.72 Å². The molecule has 0 atom stereocenters. The van der Waals surface area contributed by atoms with Crippen molar-refractivity contribution in [2.45, 2.75) is 11.8 Å². The number of hydrogen-bond donors (Lipinski definition) is 2. The average Bonchev–Trinajstić information content (AvgIpc) is 2.77. The van der Waals surface area contributed by atoms with Gasteiger partial charge in [0.2, 0.25) is 5.76 Å². The second-order valence-corrected chi connectivity index (χ2v) is 6.80. The molecule has 0 bridgehead atoms. The van der Waals surface area contributed by atoms with Gasteiger partial charge >= 0.3 is 5.97 Å². The molecule has 0 radical (unpaired) electrons. The standard InChI is InChI=1S/C11H8BrClN2O5S/c1-5-9(3-8(20-5)11(16)17)21(18,19)15-6-2-7(12)10(13)14-4-6/h2-4,15H,1H3,(H,16,17). The van der Waals surface area contributed by atoms with Crippen LogP contribution in [0.2, 0.25) is 5.15 Å². The van der Waals surface area contributed by atoms with Crippen LogP contribution in [0.15, 0.2) is 32.1 Å². The molecule has 10 heteroatoms. The third-order valence-electron chi connectivity index (χ3n) is 2.42. The number of nitrogens with one attached hydrogen (secondary N) is 1. The first-order chi connectivity index (χ1) is 9.70. The third-order valence-corrected chi connectivity index (χ3v) is 5.04. The first kappa shape index (κ1) is 15.8. The molecule has 112 valence electrons. The molecule has 2 rings (SSSR count). The fourth-order valence-electron chi connectivity index (χ4n) is 1.52. The molecular formula is C11H8BrClN2O5S. The number of sulfonamides is 1. The van der Waals surface area contributed by atoms with Gasteiger partial charge in [0.05, 0.1) is 16.4 Å². The Balaban J connectivity index is 2.38. The Hall–Kier alpha value is -1.58. The number of aromatic carboxylic acids is 1. The molecule has 7 nitrogen and oxygen atoms in total. The SMILES string of the molecule is Cc1oc(C(=O)O)cc1S(=O)(=O)Nc1cnc(Cl)c(Br)c1. The summed E-state index contributed by atoms with van der Waals surface area (Å²) in [5.74, 6) is -1.83. The summed E-state index contributed by atoms with van der Waals surface area (Å²) in [5, 5.41) is 8.99. The smallest absolute Gasteiger partial charge is 0.371 e. The number of pyridine rings is 1. The van der Waals surface area contributed by atoms with E-state index in [1.807, 2.05) is 0 Å². The largest absolute Gasteiger partial charge is 0.475 e. The van der Waals surface area contributed by atoms with Gasteiger partial charge < -0.3 is 9.52 Å². The van der Waals surface area contributed by atoms with Crippen LogP contribution in [0, 0.1) is 6.92 Å². The van der Waals surface area contributed by atoms with Gasteiger partial charge in [-0.3, -0.25) is 4.72 Å². The van der Waals surface area contributed by atoms with Crippen LogP contribution in [0.4, 0.5) is 5.69 Å². The molecule has 2 heterocycles. The quantitative estimate of drug-likeness (QED) is 0.770. The second kappa shape index (κ2) is 5.66. The molecule has 2 aromatic rings. The van der Waals surface area contributed by atoms with Gasteiger partial charge in [0.15, 0.2) is 0 Å². The van der Waals surface area contributed by atoms with Crippen molar-refractivity contribution in [1.29, 1.82) is 0 Å². The molecule has 21 heavy (non-hydrogen) atoms. The molecular weight excluding hydrogens is 388 g/mol. The first-order valence-electron chi connectivity index (χ1n) is 5.38. The zero-order valence-electron chi connectivity index (χ0n) is 10.4. The summed E-state index contributed by atoms with van der Waals surface area (Å²) in [4.78, 5) is 14.3. The maximum absolute atomic E-state index is 12.2. The summed E-state index contributed by atoms with van der Waals surface area (Å²) in [6.07, 6.45) is 1.23. The topological polar surface area (TPSA) is 109 Å². The van der Waals surface area contributed by atoms with E-state index in [-0.39, 0.29) is 21.5 Å². The molecule has 0 aromatic carbocycles. The number of carbonyl (C=O) groups is 1. The van der Waals surface area contributed by atoms with Crippen molar-refractivity contribution in [1.82, 2.24) is 4.98 Å². The maximum atomic E-state index is 12.2. The van der Waals surface area contributed by atoms with Gasteiger partial charge in [-0.2, -0.15) is 0 Å². The van der Waals surface area contributed by atoms with E-state index in [9.17, 15) is 13.2 Å². The molecule has 2 N–H and O–H groups in total. The number of carboxylic acids is 1. The Labute approximate surface area is 133 Å². The number of halogens is 2. The van der Waals surface area contributed by atoms with E-state index in [0.717, 1.165) is 6.07 Å². The molecule has 0 unspecified atom stereocenters. The van der Waals surface area contributed by atoms with Crippen molar-refractivity contribution >= 4 is 49.2 Å². The molecule has 0 aliphatic heterocycles. The fraction of sp³-hybridized carbons (Fsp3) is 0.0909. The average molecular weight is 396 g/mol. The summed E-state index contributed by atoms with van der Waals surface area (Å²) in [5.41, 5.74) is 0.170. The van der Waals surface area contributed by atoms with E-state index in [4.69, 9.17) is 21.1 Å². The Morgan fingerprint density at radius 3 is 2.67 bits per heavy atom. The maximum Gasteiger partial charge on any atom is 0.371 e. The minimum absolute atomic E-state index is 0.0270. The molecule has 0 spiro atoms. The summed E-state index contributed by atoms with van der Waals surface area (Å²) < 4.78 is 32.0. The zero-order chi connectivity index (χ0) is 15.8. The lowest BCUT2D eigenvalue weighted by Crippen LogP contribution is -2.13. The van der Waals surface area contributed by atoms with Crippen molar-refractivity contribution in [3.8, 4) is 0 Å². The first-order valence-corrected chi connectivity index (χ1v) is 8.03. The van der Waals surface area contributed by atoms with Gasteiger partial charge in [-0.25, -0.2) is 18.2 Å². The lowest BCUT2D eigenvalue weighted by atomic mass is 10.4. The van der Waals surface area contributed by atoms with Gasteiger partial charge in [-0.15, -0.1) is 0 Å². The predicted octanol–water partition coefficient (Wildman–Crippen LogP) is 2.90. The summed E-state index contributed by atoms with van der Waals surface area (Å²) in [6.45, 7) is 1.36. The highest BCUT2D eigenvalue weighted by molar-refractivity contribution is 9.10. The molecule has 0 saturated carbocycles. The Kier molecular flexibility index (Phi) is 4.26. The van der Waals surface area contributed by atoms with Crippen molar-refractivity contribution in [2.24, 2.45) is 0 Å². The van der Waals surface area contributed by atoms with Gasteiger partial charge in [-0.1, -0.05) is 11.6 Å². The number of rotatable bonds is 4. The Morgan fingerprint density at radius 2 is 2.14 bits per heavy atom. The molecule has 2 aromatic heterocycles. The monoisotopic (exact) mass is 394 g/mol. The van der Waals surface area contributed by atoms with Crippen LogP contribution >= 0.6 is 27.5 Å². The van der Waals surface area contributed by atoms with Crippen LogP contribution in [0.3, 0.4) is 0 Å². The summed E-state index contributed by atoms with van der Waals surface area (Å²) in [7, 11) is -4.00. The molecule has 0 aliphatic carbocycles. The number of aromatic nitrogens is 1. The number of anilines is 1. The van der Waals surface area contributed by atoms with Crippen LogP contribution in [-0.2, 0) is 10.0 Å². The van der Waals surface area contributed by atoms with Crippen molar-refractivity contribution in [3.05, 3.63) is 39.5 Å². The van der Waals surface area contributed by atoms with E-state index < -0.39 is 21.8 Å². The molecule has 0 fully saturated rings. The predicted molar refractivity (Wildman–Crippen MR) is 78.2 cm³/mol. The highest BCUT2D eigenvalue weighted by Gasteiger charge is 2.24. The van der Waals surface area contributed by atoms with Gasteiger partial charge in [0, 0.05) is 6.07 Å². The summed E-state index contributed by atoms with van der Waals surface area (Å²) in [6, 6.07) is 2.37. The fourth-order valence-corrected chi connectivity index (χ4v) is 3.19. The van der Waals surface area contributed by atoms with Gasteiger partial charge in [-0.05, 0) is 28.9 Å². The lowest BCUT2D eigenvalue weighted by molar-refractivity contribution is 0.0661. The molecule has 0 amide bonds. The van der Waals surface area contributed by atoms with E-state index >= 15 is 0 Å². The lowest BCUT2D eigenvalue weighted by Gasteiger charge is -2.07. The number of hydrogen-bond acceptors (Lipinski definition) is 5. The normalized spacial score (nSPS) is 11.4. The number of aryl methyl sites for hydroxylation is 1. The zero-order valence-corrected chi connectivity index (χ0v) is 13.6. The summed E-state index contributed by atoms with van der Waals surface area (Å²) >= 11 is 8.84. The van der Waals surface area contributed by atoms with Crippen molar-refractivity contribution < 1.29 is 22.7 Å². The second-order valence-electron chi connectivity index (χ2n) is 3.94. The number of carboxylic acid groups (broad SMARTS) is 1. The highest BCUT2D eigenvalue weighted by Crippen LogP contribution is 2.26. The molecule has 0 aliphatic rings. The Bertz CT molecular complexity index is 818. The van der Waals surface area contributed by atoms with Crippen LogP contribution in [0.25, 0.3) is 0 Å². The van der Waals surface area contributed by atoms with Crippen LogP contribution in [0.1, 0.15) is 16.3 Å². The van der Waals surface area contributed by atoms with Gasteiger partial charge in [0.25, 0.3) is 10.0 Å². The Morgan fingerprint density at radius 1 is 1.48 bits per heavy atom. The van der Waals surface area contributed by atoms with Gasteiger partial charge in [0.1, 0.15) is 15.8 Å². The van der Waals surface area contributed by atoms with E-state index in [1.165, 1.54) is 19.2 Å². The number of nitrogens with zero attached hydrogens (tertiary/aromatic N) is 1. The van der Waals surface area contributed by atoms with E-state index in [0.29, 0.717) is 4.47 Å². The minimum Gasteiger partial charge on any atom is -0.475 e. The van der Waals surface area contributed by atoms with E-state index in [1.54, 1.807) is 0 Å². The minimum atomic E-state index is -4.00.